The number of aliphatic carboxylic acids is 1. The summed E-state index contributed by atoms with van der Waals surface area (Å²) in [4.78, 5) is 55.7. The first-order valence-electron chi connectivity index (χ1n) is 13.6. The molecule has 9 heteroatoms. The van der Waals surface area contributed by atoms with Gasteiger partial charge >= 0.3 is 18.0 Å². The Balaban J connectivity index is 2.03. The molecule has 0 aromatic heterocycles. The maximum atomic E-state index is 14.2. The molecule has 0 aliphatic carbocycles. The molecule has 1 aliphatic heterocycles. The first kappa shape index (κ1) is 30.7. The van der Waals surface area contributed by atoms with Crippen LogP contribution in [-0.4, -0.2) is 63.8 Å². The summed E-state index contributed by atoms with van der Waals surface area (Å²) in [5.41, 5.74) is 0.553. The molecule has 2 amide bonds. The van der Waals surface area contributed by atoms with Crippen molar-refractivity contribution in [3.8, 4) is 0 Å². The molecule has 1 aliphatic rings. The van der Waals surface area contributed by atoms with E-state index in [2.05, 4.69) is 0 Å². The van der Waals surface area contributed by atoms with Crippen LogP contribution in [0.5, 0.6) is 0 Å². The van der Waals surface area contributed by atoms with Gasteiger partial charge in [0.25, 0.3) is 5.91 Å². The second-order valence-electron chi connectivity index (χ2n) is 12.0. The van der Waals surface area contributed by atoms with Crippen LogP contribution in [0.1, 0.15) is 65.5 Å². The number of nitrogens with zero attached hydrogens (tertiary/aromatic N) is 2. The summed E-state index contributed by atoms with van der Waals surface area (Å²) >= 11 is 0. The molecule has 0 radical (unpaired) electrons. The van der Waals surface area contributed by atoms with E-state index in [9.17, 15) is 24.3 Å². The van der Waals surface area contributed by atoms with Gasteiger partial charge in [0.1, 0.15) is 29.8 Å². The van der Waals surface area contributed by atoms with Crippen molar-refractivity contribution in [2.45, 2.75) is 90.5 Å². The summed E-state index contributed by atoms with van der Waals surface area (Å²) in [6.07, 6.45) is 0.104. The predicted octanol–water partition coefficient (Wildman–Crippen LogP) is 5.00. The summed E-state index contributed by atoms with van der Waals surface area (Å²) < 4.78 is 11.1. The molecule has 2 atom stereocenters. The third-order valence-electron chi connectivity index (χ3n) is 6.34. The lowest BCUT2D eigenvalue weighted by atomic mass is 10.00. The molecule has 0 spiro atoms. The van der Waals surface area contributed by atoms with Crippen molar-refractivity contribution < 1.29 is 33.8 Å². The first-order chi connectivity index (χ1) is 18.7. The molecule has 1 unspecified atom stereocenters. The van der Waals surface area contributed by atoms with Gasteiger partial charge in [0.15, 0.2) is 0 Å². The number of aryl methyl sites for hydroxylation is 2. The molecule has 1 heterocycles. The molecule has 0 saturated heterocycles. The summed E-state index contributed by atoms with van der Waals surface area (Å²) in [7, 11) is 0. The van der Waals surface area contributed by atoms with E-state index in [1.54, 1.807) is 53.7 Å². The average Bonchev–Trinajstić information content (AvgIpc) is 2.97. The van der Waals surface area contributed by atoms with E-state index >= 15 is 0 Å². The first-order valence-corrected chi connectivity index (χ1v) is 13.6. The van der Waals surface area contributed by atoms with Gasteiger partial charge in [-0.05, 0) is 84.4 Å². The van der Waals surface area contributed by atoms with Crippen LogP contribution in [0.15, 0.2) is 54.6 Å². The lowest BCUT2D eigenvalue weighted by Crippen LogP contribution is -2.58. The zero-order valence-electron chi connectivity index (χ0n) is 24.2. The summed E-state index contributed by atoms with van der Waals surface area (Å²) in [5.74, 6) is -2.42. The van der Waals surface area contributed by atoms with Gasteiger partial charge in [0.05, 0.1) is 0 Å². The molecular formula is C31H40N2O7. The van der Waals surface area contributed by atoms with Crippen LogP contribution in [-0.2, 0) is 36.7 Å². The number of para-hydroxylation sites is 1. The number of carbonyl (C=O) groups is 4. The fourth-order valence-electron chi connectivity index (χ4n) is 4.74. The van der Waals surface area contributed by atoms with Crippen molar-refractivity contribution in [3.63, 3.8) is 0 Å². The van der Waals surface area contributed by atoms with E-state index in [1.807, 2.05) is 42.5 Å². The third-order valence-corrected chi connectivity index (χ3v) is 6.34. The van der Waals surface area contributed by atoms with Crippen molar-refractivity contribution in [2.75, 3.05) is 11.4 Å². The van der Waals surface area contributed by atoms with Gasteiger partial charge in [-0.25, -0.2) is 9.59 Å². The minimum absolute atomic E-state index is 0.0708. The van der Waals surface area contributed by atoms with Crippen molar-refractivity contribution in [2.24, 2.45) is 0 Å². The van der Waals surface area contributed by atoms with E-state index in [1.165, 1.54) is 4.90 Å². The number of ether oxygens (including phenoxy) is 2. The monoisotopic (exact) mass is 552 g/mol. The van der Waals surface area contributed by atoms with Crippen molar-refractivity contribution in [1.29, 1.82) is 0 Å². The van der Waals surface area contributed by atoms with Crippen LogP contribution in [0.3, 0.4) is 0 Å². The number of carbonyl (C=O) groups excluding carboxylic acids is 3. The highest BCUT2D eigenvalue weighted by Gasteiger charge is 2.44. The molecule has 216 valence electrons. The lowest BCUT2D eigenvalue weighted by molar-refractivity contribution is -0.154. The van der Waals surface area contributed by atoms with Crippen molar-refractivity contribution in [3.05, 3.63) is 65.7 Å². The van der Waals surface area contributed by atoms with E-state index in [0.717, 1.165) is 16.0 Å². The summed E-state index contributed by atoms with van der Waals surface area (Å²) in [6.45, 7) is 9.88. The number of carboxylic acids is 1. The molecule has 3 rings (SSSR count). The van der Waals surface area contributed by atoms with Gasteiger partial charge in [-0.3, -0.25) is 19.4 Å². The number of hydrogen-bond acceptors (Lipinski definition) is 6. The molecule has 2 aromatic rings. The van der Waals surface area contributed by atoms with Crippen molar-refractivity contribution in [1.82, 2.24) is 4.90 Å². The van der Waals surface area contributed by atoms with E-state index in [4.69, 9.17) is 9.47 Å². The van der Waals surface area contributed by atoms with Crippen molar-refractivity contribution >= 4 is 29.6 Å². The van der Waals surface area contributed by atoms with Crippen LogP contribution < -0.4 is 4.90 Å². The van der Waals surface area contributed by atoms with Gasteiger partial charge in [-0.15, -0.1) is 0 Å². The normalized spacial score (nSPS) is 16.4. The fraction of sp³-hybridized carbons (Fsp3) is 0.484. The predicted molar refractivity (Wildman–Crippen MR) is 151 cm³/mol. The van der Waals surface area contributed by atoms with Gasteiger partial charge in [0.2, 0.25) is 0 Å². The number of anilines is 1. The third kappa shape index (κ3) is 8.31. The van der Waals surface area contributed by atoms with Crippen LogP contribution >= 0.6 is 0 Å². The Bertz CT molecular complexity index is 1210. The van der Waals surface area contributed by atoms with Gasteiger partial charge < -0.3 is 14.6 Å². The second-order valence-corrected chi connectivity index (χ2v) is 12.0. The Kier molecular flexibility index (Phi) is 9.60. The number of rotatable bonds is 8. The molecule has 1 N–H and O–H groups in total. The number of benzene rings is 2. The molecule has 0 saturated carbocycles. The quantitative estimate of drug-likeness (QED) is 0.459. The second kappa shape index (κ2) is 12.5. The number of carboxylic acid groups (broad SMARTS) is 1. The van der Waals surface area contributed by atoms with Crippen LogP contribution in [0, 0.1) is 0 Å². The Hall–Kier alpha value is -3.88. The van der Waals surface area contributed by atoms with Gasteiger partial charge in [0, 0.05) is 5.69 Å². The highest BCUT2D eigenvalue weighted by atomic mass is 16.6. The smallest absolute Gasteiger partial charge is 0.411 e. The minimum atomic E-state index is -1.34. The van der Waals surface area contributed by atoms with Crippen LogP contribution in [0.2, 0.25) is 0 Å². The maximum absolute atomic E-state index is 14.2. The Morgan fingerprint density at radius 1 is 0.950 bits per heavy atom. The Morgan fingerprint density at radius 3 is 2.15 bits per heavy atom. The number of esters is 1. The standard InChI is InChI=1S/C31H40N2O7/c1-30(2,3)39-26(34)20-32-23-15-11-10-14-22(23)17-19-24(27(32)35)33(29(38)40-31(4,5)6)25(28(36)37)18-16-21-12-8-7-9-13-21/h7-15,24-25H,16-20H2,1-6H3,(H,36,37)/t24-,25?/m1/s1. The average molecular weight is 553 g/mol. The fourth-order valence-corrected chi connectivity index (χ4v) is 4.74. The SMILES string of the molecule is CC(C)(C)OC(=O)CN1C(=O)[C@H](N(C(=O)OC(C)(C)C)C(CCc2ccccc2)C(=O)O)CCc2ccccc21. The number of hydrogen-bond donors (Lipinski definition) is 1. The largest absolute Gasteiger partial charge is 0.480 e. The molecule has 40 heavy (non-hydrogen) atoms. The molecule has 9 nitrogen and oxygen atoms in total. The number of amides is 2. The summed E-state index contributed by atoms with van der Waals surface area (Å²) in [6, 6.07) is 14.0. The van der Waals surface area contributed by atoms with Gasteiger partial charge in [-0.1, -0.05) is 48.5 Å². The van der Waals surface area contributed by atoms with Gasteiger partial charge in [-0.2, -0.15) is 0 Å². The number of fused-ring (bicyclic) bond motifs is 1. The molecule has 2 aromatic carbocycles. The zero-order valence-corrected chi connectivity index (χ0v) is 24.2. The Labute approximate surface area is 236 Å². The molecule has 0 bridgehead atoms. The Morgan fingerprint density at radius 2 is 1.55 bits per heavy atom. The van der Waals surface area contributed by atoms with E-state index in [0.29, 0.717) is 18.5 Å². The molecule has 0 fully saturated rings. The van der Waals surface area contributed by atoms with E-state index in [-0.39, 0.29) is 19.4 Å². The topological polar surface area (TPSA) is 113 Å². The van der Waals surface area contributed by atoms with Crippen LogP contribution in [0.25, 0.3) is 0 Å². The highest BCUT2D eigenvalue weighted by Crippen LogP contribution is 2.31. The maximum Gasteiger partial charge on any atom is 0.411 e. The molecular weight excluding hydrogens is 512 g/mol. The van der Waals surface area contributed by atoms with Crippen LogP contribution in [0.4, 0.5) is 10.5 Å². The lowest BCUT2D eigenvalue weighted by Gasteiger charge is -2.37. The summed E-state index contributed by atoms with van der Waals surface area (Å²) in [5, 5.41) is 10.3. The van der Waals surface area contributed by atoms with E-state index < -0.39 is 47.2 Å². The zero-order chi connectivity index (χ0) is 29.7. The highest BCUT2D eigenvalue weighted by molar-refractivity contribution is 6.03. The minimum Gasteiger partial charge on any atom is -0.480 e.